The molecule has 3 aliphatic heterocycles. The average Bonchev–Trinajstić information content (AvgIpc) is 3.43. The third-order valence-electron chi connectivity index (χ3n) is 8.79. The predicted molar refractivity (Wildman–Crippen MR) is 145 cm³/mol. The number of Topliss-reactive ketones (excluding diaryl/α,β-unsaturated/α-hetero) is 1. The molecule has 8 nitrogen and oxygen atoms in total. The molecule has 204 valence electrons. The predicted octanol–water partition coefficient (Wildman–Crippen LogP) is 2.81. The fourth-order valence-electron chi connectivity index (χ4n) is 5.71. The Morgan fingerprint density at radius 1 is 1.05 bits per heavy atom. The molecule has 8 heteroatoms. The molecule has 3 saturated heterocycles. The molecular formula is C29H44N4O4. The quantitative estimate of drug-likeness (QED) is 0.631. The molecule has 1 aromatic rings. The highest BCUT2D eigenvalue weighted by molar-refractivity contribution is 5.99. The van der Waals surface area contributed by atoms with Crippen molar-refractivity contribution in [1.82, 2.24) is 15.1 Å². The lowest BCUT2D eigenvalue weighted by Gasteiger charge is -2.37. The lowest BCUT2D eigenvalue weighted by atomic mass is 9.78. The van der Waals surface area contributed by atoms with Gasteiger partial charge in [-0.15, -0.1) is 0 Å². The summed E-state index contributed by atoms with van der Waals surface area (Å²) in [6, 6.07) is 6.30. The number of hydrogen-bond acceptors (Lipinski definition) is 6. The molecule has 37 heavy (non-hydrogen) atoms. The maximum Gasteiger partial charge on any atom is 0.251 e. The number of fused-ring (bicyclic) bond motifs is 1. The number of ketones is 1. The van der Waals surface area contributed by atoms with Crippen molar-refractivity contribution in [2.75, 3.05) is 51.3 Å². The van der Waals surface area contributed by atoms with Gasteiger partial charge in [0.25, 0.3) is 5.91 Å². The zero-order chi connectivity index (χ0) is 27.1. The van der Waals surface area contributed by atoms with Gasteiger partial charge in [0, 0.05) is 49.9 Å². The number of amides is 2. The van der Waals surface area contributed by atoms with E-state index in [2.05, 4.69) is 42.9 Å². The number of piperazine rings is 1. The van der Waals surface area contributed by atoms with Crippen molar-refractivity contribution in [3.8, 4) is 0 Å². The van der Waals surface area contributed by atoms with Crippen LogP contribution in [0.3, 0.4) is 0 Å². The van der Waals surface area contributed by atoms with Gasteiger partial charge in [-0.3, -0.25) is 14.4 Å². The largest absolute Gasteiger partial charge is 0.369 e. The van der Waals surface area contributed by atoms with E-state index in [-0.39, 0.29) is 41.6 Å². The molecule has 1 aromatic carbocycles. The summed E-state index contributed by atoms with van der Waals surface area (Å²) in [7, 11) is 2.13. The topological polar surface area (TPSA) is 82.2 Å². The summed E-state index contributed by atoms with van der Waals surface area (Å²) in [4.78, 5) is 46.6. The summed E-state index contributed by atoms with van der Waals surface area (Å²) in [6.07, 6.45) is 0.404. The molecular weight excluding hydrogens is 468 g/mol. The lowest BCUT2D eigenvalue weighted by molar-refractivity contribution is -0.140. The highest BCUT2D eigenvalue weighted by Gasteiger charge is 2.56. The number of carbonyl (C=O) groups excluding carboxylic acids is 3. The Balaban J connectivity index is 1.53. The number of hydrogen-bond donors (Lipinski definition) is 1. The van der Waals surface area contributed by atoms with Crippen molar-refractivity contribution in [3.05, 3.63) is 29.8 Å². The zero-order valence-corrected chi connectivity index (χ0v) is 23.5. The molecule has 1 N–H and O–H groups in total. The maximum atomic E-state index is 14.1. The summed E-state index contributed by atoms with van der Waals surface area (Å²) in [5.74, 6) is -0.475. The number of nitrogens with one attached hydrogen (secondary N) is 1. The molecule has 4 rings (SSSR count). The summed E-state index contributed by atoms with van der Waals surface area (Å²) < 4.78 is 5.88. The number of rotatable bonds is 6. The number of anilines is 1. The highest BCUT2D eigenvalue weighted by Crippen LogP contribution is 2.42. The molecule has 0 bridgehead atoms. The zero-order valence-electron chi connectivity index (χ0n) is 23.5. The third-order valence-corrected chi connectivity index (χ3v) is 8.79. The standard InChI is InChI=1S/C29H44N4O4/c1-8-29(5,6)25(27(36)33-17-21(28(2,3)4)24-23(33)22(34)18-37-24)30-26(35)19-9-11-20(12-10-19)32-15-13-31(7)14-16-32/h9-12,21,23-25H,8,13-18H2,1-7H3,(H,30,35)/t21-,23-,24-,25?/m1/s1. The molecule has 0 spiro atoms. The first-order valence-electron chi connectivity index (χ1n) is 13.6. The van der Waals surface area contributed by atoms with E-state index >= 15 is 0 Å². The summed E-state index contributed by atoms with van der Waals surface area (Å²) >= 11 is 0. The van der Waals surface area contributed by atoms with Crippen LogP contribution in [0, 0.1) is 16.7 Å². The van der Waals surface area contributed by atoms with E-state index in [0.29, 0.717) is 18.5 Å². The van der Waals surface area contributed by atoms with Crippen molar-refractivity contribution in [2.45, 2.75) is 66.2 Å². The van der Waals surface area contributed by atoms with Gasteiger partial charge in [-0.2, -0.15) is 0 Å². The molecule has 1 unspecified atom stereocenters. The monoisotopic (exact) mass is 512 g/mol. The first-order valence-corrected chi connectivity index (χ1v) is 13.6. The van der Waals surface area contributed by atoms with E-state index < -0.39 is 17.5 Å². The molecule has 3 heterocycles. The highest BCUT2D eigenvalue weighted by atomic mass is 16.5. The van der Waals surface area contributed by atoms with Crippen molar-refractivity contribution < 1.29 is 19.1 Å². The second-order valence-electron chi connectivity index (χ2n) is 12.7. The molecule has 0 saturated carbocycles. The van der Waals surface area contributed by atoms with Crippen LogP contribution >= 0.6 is 0 Å². The van der Waals surface area contributed by atoms with E-state index in [1.165, 1.54) is 0 Å². The molecule has 0 aromatic heterocycles. The van der Waals surface area contributed by atoms with Crippen LogP contribution in [0.1, 0.15) is 58.3 Å². The van der Waals surface area contributed by atoms with Gasteiger partial charge in [-0.25, -0.2) is 0 Å². The van der Waals surface area contributed by atoms with E-state index in [9.17, 15) is 14.4 Å². The SMILES string of the molecule is CCC(C)(C)C(NC(=O)c1ccc(N2CCN(C)CC2)cc1)C(=O)N1C[C@@H](C(C)(C)C)[C@H]2OCC(=O)[C@H]21. The molecule has 2 amide bonds. The van der Waals surface area contributed by atoms with Gasteiger partial charge >= 0.3 is 0 Å². The van der Waals surface area contributed by atoms with Crippen LogP contribution in [0.5, 0.6) is 0 Å². The summed E-state index contributed by atoms with van der Waals surface area (Å²) in [5, 5.41) is 3.05. The maximum absolute atomic E-state index is 14.1. The molecule has 3 fully saturated rings. The van der Waals surface area contributed by atoms with Crippen molar-refractivity contribution in [1.29, 1.82) is 0 Å². The third kappa shape index (κ3) is 5.55. The first kappa shape index (κ1) is 27.6. The Kier molecular flexibility index (Phi) is 7.73. The van der Waals surface area contributed by atoms with Gasteiger partial charge in [0.1, 0.15) is 18.7 Å². The van der Waals surface area contributed by atoms with Crippen LogP contribution in [-0.4, -0.2) is 92.0 Å². The minimum absolute atomic E-state index is 0.0412. The van der Waals surface area contributed by atoms with E-state index in [1.807, 2.05) is 45.0 Å². The summed E-state index contributed by atoms with van der Waals surface area (Å²) in [6.45, 7) is 16.8. The molecule has 4 atom stereocenters. The minimum Gasteiger partial charge on any atom is -0.369 e. The lowest BCUT2D eigenvalue weighted by Crippen LogP contribution is -2.57. The van der Waals surface area contributed by atoms with Crippen molar-refractivity contribution >= 4 is 23.3 Å². The van der Waals surface area contributed by atoms with Crippen LogP contribution in [0.25, 0.3) is 0 Å². The van der Waals surface area contributed by atoms with Gasteiger partial charge in [0.2, 0.25) is 5.91 Å². The summed E-state index contributed by atoms with van der Waals surface area (Å²) in [5.41, 5.74) is 1.01. The minimum atomic E-state index is -0.755. The van der Waals surface area contributed by atoms with Crippen LogP contribution in [0.2, 0.25) is 0 Å². The van der Waals surface area contributed by atoms with Gasteiger partial charge in [-0.05, 0) is 48.6 Å². The first-order chi connectivity index (χ1) is 17.3. The number of nitrogens with zero attached hydrogens (tertiary/aromatic N) is 3. The van der Waals surface area contributed by atoms with Gasteiger partial charge in [-0.1, -0.05) is 41.5 Å². The fourth-order valence-corrected chi connectivity index (χ4v) is 5.71. The Hall–Kier alpha value is -2.45. The normalized spacial score (nSPS) is 25.8. The smallest absolute Gasteiger partial charge is 0.251 e. The number of carbonyl (C=O) groups is 3. The second-order valence-corrected chi connectivity index (χ2v) is 12.7. The number of likely N-dealkylation sites (N-methyl/N-ethyl adjacent to an activating group) is 1. The fraction of sp³-hybridized carbons (Fsp3) is 0.690. The van der Waals surface area contributed by atoms with Crippen LogP contribution < -0.4 is 10.2 Å². The number of ether oxygens (including phenoxy) is 1. The van der Waals surface area contributed by atoms with E-state index in [1.54, 1.807) is 4.90 Å². The van der Waals surface area contributed by atoms with Crippen molar-refractivity contribution in [3.63, 3.8) is 0 Å². The van der Waals surface area contributed by atoms with Gasteiger partial charge < -0.3 is 24.8 Å². The Labute approximate surface area is 221 Å². The van der Waals surface area contributed by atoms with Crippen LogP contribution in [0.4, 0.5) is 5.69 Å². The Morgan fingerprint density at radius 2 is 1.68 bits per heavy atom. The molecule has 0 radical (unpaired) electrons. The number of likely N-dealkylation sites (tertiary alicyclic amines) is 1. The van der Waals surface area contributed by atoms with Crippen LogP contribution in [-0.2, 0) is 14.3 Å². The van der Waals surface area contributed by atoms with E-state index in [0.717, 1.165) is 31.9 Å². The van der Waals surface area contributed by atoms with Crippen molar-refractivity contribution in [2.24, 2.45) is 16.7 Å². The van der Waals surface area contributed by atoms with Crippen LogP contribution in [0.15, 0.2) is 24.3 Å². The van der Waals surface area contributed by atoms with Gasteiger partial charge in [0.05, 0.1) is 6.10 Å². The average molecular weight is 513 g/mol. The molecule has 0 aliphatic carbocycles. The second kappa shape index (κ2) is 10.4. The molecule has 3 aliphatic rings. The Morgan fingerprint density at radius 3 is 2.24 bits per heavy atom. The Bertz CT molecular complexity index is 1010. The number of benzene rings is 1. The van der Waals surface area contributed by atoms with E-state index in [4.69, 9.17) is 4.74 Å². The van der Waals surface area contributed by atoms with Gasteiger partial charge in [0.15, 0.2) is 5.78 Å².